The van der Waals surface area contributed by atoms with Crippen molar-refractivity contribution >= 4 is 29.1 Å². The van der Waals surface area contributed by atoms with E-state index in [0.29, 0.717) is 24.9 Å². The van der Waals surface area contributed by atoms with Crippen LogP contribution >= 0.6 is 12.2 Å². The molecule has 162 valence electrons. The highest BCUT2D eigenvalue weighted by molar-refractivity contribution is 7.80. The van der Waals surface area contributed by atoms with E-state index in [4.69, 9.17) is 12.2 Å². The lowest BCUT2D eigenvalue weighted by molar-refractivity contribution is -0.141. The smallest absolute Gasteiger partial charge is 0.356 e. The van der Waals surface area contributed by atoms with E-state index in [1.54, 1.807) is 0 Å². The van der Waals surface area contributed by atoms with E-state index in [2.05, 4.69) is 34.4 Å². The van der Waals surface area contributed by atoms with Crippen molar-refractivity contribution in [3.05, 3.63) is 47.7 Å². The maximum atomic E-state index is 13.5. The number of thiocarbonyl (C=S) groups is 1. The first kappa shape index (κ1) is 22.3. The van der Waals surface area contributed by atoms with E-state index in [9.17, 15) is 13.2 Å². The predicted molar refractivity (Wildman–Crippen MR) is 116 cm³/mol. The van der Waals surface area contributed by atoms with Crippen LogP contribution in [0.5, 0.6) is 0 Å². The van der Waals surface area contributed by atoms with Gasteiger partial charge in [0.15, 0.2) is 10.8 Å². The van der Waals surface area contributed by atoms with Crippen molar-refractivity contribution in [1.29, 1.82) is 0 Å². The number of alkyl halides is 3. The molecule has 0 aliphatic carbocycles. The number of halogens is 3. The monoisotopic (exact) mass is 437 g/mol. The first-order valence-electron chi connectivity index (χ1n) is 9.95. The molecule has 0 unspecified atom stereocenters. The van der Waals surface area contributed by atoms with Crippen molar-refractivity contribution in [1.82, 2.24) is 15.3 Å². The van der Waals surface area contributed by atoms with Gasteiger partial charge in [0.1, 0.15) is 5.82 Å². The zero-order chi connectivity index (χ0) is 21.9. The van der Waals surface area contributed by atoms with Crippen LogP contribution in [-0.4, -0.2) is 28.2 Å². The quantitative estimate of drug-likeness (QED) is 0.655. The fourth-order valence-corrected chi connectivity index (χ4v) is 4.07. The molecule has 0 saturated carbocycles. The second-order valence-corrected chi connectivity index (χ2v) is 8.42. The summed E-state index contributed by atoms with van der Waals surface area (Å²) in [6, 6.07) is 10.5. The van der Waals surface area contributed by atoms with E-state index in [-0.39, 0.29) is 22.9 Å². The normalized spacial score (nSPS) is 20.5. The molecule has 5 nitrogen and oxygen atoms in total. The van der Waals surface area contributed by atoms with Gasteiger partial charge in [-0.2, -0.15) is 18.2 Å². The SMILES string of the molecule is C[C@@H]1C[C@@H](C)CN(c2cc(C(F)(F)F)nc(NC(=S)N[C@@H](C)c3ccccc3)n2)C1. The minimum absolute atomic E-state index is 0.125. The molecule has 1 saturated heterocycles. The van der Waals surface area contributed by atoms with Crippen LogP contribution in [0.25, 0.3) is 0 Å². The van der Waals surface area contributed by atoms with Gasteiger partial charge in [-0.15, -0.1) is 0 Å². The Hall–Kier alpha value is -2.42. The molecule has 3 rings (SSSR count). The second kappa shape index (κ2) is 9.16. The van der Waals surface area contributed by atoms with Crippen molar-refractivity contribution in [2.45, 2.75) is 39.4 Å². The zero-order valence-corrected chi connectivity index (χ0v) is 18.0. The largest absolute Gasteiger partial charge is 0.433 e. The lowest BCUT2D eigenvalue weighted by atomic mass is 9.92. The van der Waals surface area contributed by atoms with Crippen molar-refractivity contribution in [3.8, 4) is 0 Å². The van der Waals surface area contributed by atoms with Gasteiger partial charge in [-0.3, -0.25) is 0 Å². The van der Waals surface area contributed by atoms with Crippen molar-refractivity contribution < 1.29 is 13.2 Å². The van der Waals surface area contributed by atoms with Gasteiger partial charge < -0.3 is 15.5 Å². The van der Waals surface area contributed by atoms with Gasteiger partial charge in [0.2, 0.25) is 5.95 Å². The van der Waals surface area contributed by atoms with Gasteiger partial charge in [0.25, 0.3) is 0 Å². The Balaban J connectivity index is 1.80. The zero-order valence-electron chi connectivity index (χ0n) is 17.2. The Morgan fingerprint density at radius 3 is 2.37 bits per heavy atom. The molecule has 1 aromatic carbocycles. The van der Waals surface area contributed by atoms with Crippen LogP contribution in [-0.2, 0) is 6.18 Å². The Morgan fingerprint density at radius 1 is 1.13 bits per heavy atom. The number of anilines is 2. The van der Waals surface area contributed by atoms with Gasteiger partial charge in [0, 0.05) is 19.2 Å². The number of nitrogens with zero attached hydrogens (tertiary/aromatic N) is 3. The van der Waals surface area contributed by atoms with Gasteiger partial charge in [-0.25, -0.2) is 4.98 Å². The Kier molecular flexibility index (Phi) is 6.80. The summed E-state index contributed by atoms with van der Waals surface area (Å²) in [7, 11) is 0. The van der Waals surface area contributed by atoms with Gasteiger partial charge in [-0.1, -0.05) is 44.2 Å². The molecule has 0 spiro atoms. The number of piperidine rings is 1. The van der Waals surface area contributed by atoms with Crippen molar-refractivity contribution in [2.24, 2.45) is 11.8 Å². The van der Waals surface area contributed by atoms with Crippen LogP contribution in [0.15, 0.2) is 36.4 Å². The van der Waals surface area contributed by atoms with Crippen LogP contribution in [0.1, 0.15) is 44.5 Å². The van der Waals surface area contributed by atoms with E-state index < -0.39 is 11.9 Å². The maximum Gasteiger partial charge on any atom is 0.433 e. The van der Waals surface area contributed by atoms with Gasteiger partial charge in [0.05, 0.1) is 6.04 Å². The minimum Gasteiger partial charge on any atom is -0.356 e. The van der Waals surface area contributed by atoms with Crippen LogP contribution in [0.3, 0.4) is 0 Å². The van der Waals surface area contributed by atoms with E-state index >= 15 is 0 Å². The highest BCUT2D eigenvalue weighted by Crippen LogP contribution is 2.32. The van der Waals surface area contributed by atoms with Gasteiger partial charge in [-0.05, 0) is 43.0 Å². The van der Waals surface area contributed by atoms with Crippen LogP contribution < -0.4 is 15.5 Å². The fraction of sp³-hybridized carbons (Fsp3) is 0.476. The Morgan fingerprint density at radius 2 is 1.77 bits per heavy atom. The third-order valence-corrected chi connectivity index (χ3v) is 5.29. The summed E-state index contributed by atoms with van der Waals surface area (Å²) in [5, 5.41) is 5.95. The minimum atomic E-state index is -4.58. The van der Waals surface area contributed by atoms with Crippen LogP contribution in [0.4, 0.5) is 24.9 Å². The summed E-state index contributed by atoms with van der Waals surface area (Å²) in [4.78, 5) is 9.88. The third-order valence-electron chi connectivity index (χ3n) is 5.07. The first-order chi connectivity index (χ1) is 14.1. The molecule has 1 aliphatic rings. The molecular weight excluding hydrogens is 411 g/mol. The predicted octanol–water partition coefficient (Wildman–Crippen LogP) is 5.03. The number of hydrogen-bond acceptors (Lipinski definition) is 4. The summed E-state index contributed by atoms with van der Waals surface area (Å²) in [6.45, 7) is 7.42. The van der Waals surface area contributed by atoms with E-state index in [1.165, 1.54) is 0 Å². The molecule has 1 aromatic heterocycles. The third kappa shape index (κ3) is 5.81. The first-order valence-corrected chi connectivity index (χ1v) is 10.4. The number of nitrogens with one attached hydrogen (secondary N) is 2. The molecule has 0 bridgehead atoms. The average Bonchev–Trinajstić information content (AvgIpc) is 2.67. The lowest BCUT2D eigenvalue weighted by Gasteiger charge is -2.36. The molecule has 2 heterocycles. The average molecular weight is 438 g/mol. The molecule has 2 aromatic rings. The molecule has 9 heteroatoms. The Labute approximate surface area is 180 Å². The molecular formula is C21H26F3N5S. The summed E-state index contributed by atoms with van der Waals surface area (Å²) >= 11 is 5.29. The summed E-state index contributed by atoms with van der Waals surface area (Å²) in [5.74, 6) is 0.855. The standard InChI is InChI=1S/C21H26F3N5S/c1-13-9-14(2)12-29(11-13)18-10-17(21(22,23)24)26-19(27-18)28-20(30)25-15(3)16-7-5-4-6-8-16/h4-8,10,13-15H,9,11-12H2,1-3H3,(H2,25,26,27,28,30)/t13-,14-,15+/m1/s1. The summed E-state index contributed by atoms with van der Waals surface area (Å²) < 4.78 is 40.4. The molecule has 3 atom stereocenters. The molecule has 2 N–H and O–H groups in total. The molecule has 30 heavy (non-hydrogen) atoms. The summed E-state index contributed by atoms with van der Waals surface area (Å²) in [6.07, 6.45) is -3.53. The fourth-order valence-electron chi connectivity index (χ4n) is 3.81. The van der Waals surface area contributed by atoms with Crippen molar-refractivity contribution in [3.63, 3.8) is 0 Å². The molecule has 1 aliphatic heterocycles. The number of aromatic nitrogens is 2. The molecule has 1 fully saturated rings. The molecule has 0 radical (unpaired) electrons. The molecule has 0 amide bonds. The highest BCUT2D eigenvalue weighted by atomic mass is 32.1. The van der Waals surface area contributed by atoms with Crippen LogP contribution in [0.2, 0.25) is 0 Å². The maximum absolute atomic E-state index is 13.5. The number of hydrogen-bond donors (Lipinski definition) is 2. The topological polar surface area (TPSA) is 53.1 Å². The number of benzene rings is 1. The van der Waals surface area contributed by atoms with Crippen LogP contribution in [0, 0.1) is 11.8 Å². The summed E-state index contributed by atoms with van der Waals surface area (Å²) in [5.41, 5.74) is 0.0170. The highest BCUT2D eigenvalue weighted by Gasteiger charge is 2.35. The lowest BCUT2D eigenvalue weighted by Crippen LogP contribution is -2.39. The van der Waals surface area contributed by atoms with E-state index in [1.807, 2.05) is 42.2 Å². The second-order valence-electron chi connectivity index (χ2n) is 8.01. The Bertz CT molecular complexity index is 865. The van der Waals surface area contributed by atoms with Crippen molar-refractivity contribution in [2.75, 3.05) is 23.3 Å². The van der Waals surface area contributed by atoms with E-state index in [0.717, 1.165) is 18.1 Å². The van der Waals surface area contributed by atoms with Gasteiger partial charge >= 0.3 is 6.18 Å². The number of rotatable bonds is 4.